The summed E-state index contributed by atoms with van der Waals surface area (Å²) in [5.74, 6) is 1.98. The summed E-state index contributed by atoms with van der Waals surface area (Å²) in [6.07, 6.45) is 2.26. The number of rotatable bonds is 4. The Morgan fingerprint density at radius 2 is 1.92 bits per heavy atom. The summed E-state index contributed by atoms with van der Waals surface area (Å²) in [5.41, 5.74) is 0.848. The maximum absolute atomic E-state index is 6.26. The molecule has 0 N–H and O–H groups in total. The molecular weight excluding hydrogens is 365 g/mol. The zero-order valence-electron chi connectivity index (χ0n) is 12.8. The van der Waals surface area contributed by atoms with Crippen molar-refractivity contribution in [3.63, 3.8) is 0 Å². The van der Waals surface area contributed by atoms with Gasteiger partial charge in [0.25, 0.3) is 0 Å². The van der Waals surface area contributed by atoms with Crippen LogP contribution in [0.25, 0.3) is 11.4 Å². The molecule has 1 fully saturated rings. The first-order valence-corrected chi connectivity index (χ1v) is 9.05. The molecule has 0 saturated heterocycles. The highest BCUT2D eigenvalue weighted by atomic mass is 35.5. The van der Waals surface area contributed by atoms with E-state index in [-0.39, 0.29) is 0 Å². The Morgan fingerprint density at radius 1 is 1.12 bits per heavy atom. The smallest absolute Gasteiger partial charge is 0.197 e. The minimum Gasteiger partial charge on any atom is -0.305 e. The quantitative estimate of drug-likeness (QED) is 0.621. The molecule has 2 heterocycles. The predicted molar refractivity (Wildman–Crippen MR) is 94.6 cm³/mol. The Kier molecular flexibility index (Phi) is 4.20. The van der Waals surface area contributed by atoms with Crippen molar-refractivity contribution < 1.29 is 0 Å². The molecule has 2 aromatic heterocycles. The average molecular weight is 378 g/mol. The molecule has 0 bridgehead atoms. The van der Waals surface area contributed by atoms with E-state index in [1.54, 1.807) is 6.07 Å². The fraction of sp³-hybridized carbons (Fsp3) is 0.250. The normalized spacial score (nSPS) is 14.1. The number of benzene rings is 1. The van der Waals surface area contributed by atoms with Crippen LogP contribution in [-0.2, 0) is 7.05 Å². The number of aromatic nitrogens is 5. The molecule has 8 heteroatoms. The van der Waals surface area contributed by atoms with Gasteiger partial charge in [0.2, 0.25) is 0 Å². The van der Waals surface area contributed by atoms with Crippen LogP contribution in [-0.4, -0.2) is 24.7 Å². The van der Waals surface area contributed by atoms with Gasteiger partial charge in [0.15, 0.2) is 11.0 Å². The second kappa shape index (κ2) is 6.35. The Labute approximate surface area is 153 Å². The lowest BCUT2D eigenvalue weighted by Gasteiger charge is -2.06. The van der Waals surface area contributed by atoms with E-state index >= 15 is 0 Å². The van der Waals surface area contributed by atoms with E-state index in [1.807, 2.05) is 35.9 Å². The van der Waals surface area contributed by atoms with Gasteiger partial charge in [-0.15, -0.1) is 10.2 Å². The molecule has 4 rings (SSSR count). The van der Waals surface area contributed by atoms with Gasteiger partial charge in [-0.25, -0.2) is 9.97 Å². The van der Waals surface area contributed by atoms with Gasteiger partial charge in [-0.2, -0.15) is 0 Å². The summed E-state index contributed by atoms with van der Waals surface area (Å²) >= 11 is 13.8. The van der Waals surface area contributed by atoms with Gasteiger partial charge in [0, 0.05) is 24.6 Å². The zero-order valence-corrected chi connectivity index (χ0v) is 15.1. The van der Waals surface area contributed by atoms with Crippen molar-refractivity contribution in [1.29, 1.82) is 0 Å². The number of halogens is 2. The largest absolute Gasteiger partial charge is 0.305 e. The maximum Gasteiger partial charge on any atom is 0.197 e. The summed E-state index contributed by atoms with van der Waals surface area (Å²) in [7, 11) is 1.91. The van der Waals surface area contributed by atoms with Crippen LogP contribution < -0.4 is 0 Å². The molecule has 0 radical (unpaired) electrons. The number of hydrogen-bond donors (Lipinski definition) is 0. The standard InChI is InChI=1S/C16H13Cl2N5S/c1-23-15(10-4-2-3-5-11(10)17)21-22-16(23)24-13-8-12(18)19-14(20-13)9-6-7-9/h2-5,8-9H,6-7H2,1H3. The van der Waals surface area contributed by atoms with Crippen LogP contribution in [0, 0.1) is 0 Å². The molecule has 24 heavy (non-hydrogen) atoms. The van der Waals surface area contributed by atoms with E-state index in [2.05, 4.69) is 20.2 Å². The monoisotopic (exact) mass is 377 g/mol. The Hall–Kier alpha value is -1.63. The molecule has 1 aromatic carbocycles. The van der Waals surface area contributed by atoms with E-state index in [0.29, 0.717) is 21.9 Å². The van der Waals surface area contributed by atoms with E-state index in [1.165, 1.54) is 11.8 Å². The topological polar surface area (TPSA) is 56.5 Å². The molecule has 1 aliphatic carbocycles. The highest BCUT2D eigenvalue weighted by Crippen LogP contribution is 2.39. The fourth-order valence-corrected chi connectivity index (χ4v) is 3.64. The molecule has 0 atom stereocenters. The first-order valence-electron chi connectivity index (χ1n) is 7.48. The third kappa shape index (κ3) is 3.14. The second-order valence-corrected chi connectivity index (χ2v) is 7.39. The lowest BCUT2D eigenvalue weighted by Crippen LogP contribution is -1.97. The van der Waals surface area contributed by atoms with E-state index in [9.17, 15) is 0 Å². The van der Waals surface area contributed by atoms with Gasteiger partial charge < -0.3 is 4.57 Å². The number of nitrogens with zero attached hydrogens (tertiary/aromatic N) is 5. The van der Waals surface area contributed by atoms with E-state index in [4.69, 9.17) is 23.2 Å². The minimum absolute atomic E-state index is 0.446. The maximum atomic E-state index is 6.26. The Morgan fingerprint density at radius 3 is 2.67 bits per heavy atom. The lowest BCUT2D eigenvalue weighted by atomic mass is 10.2. The summed E-state index contributed by atoms with van der Waals surface area (Å²) in [4.78, 5) is 8.90. The van der Waals surface area contributed by atoms with Crippen molar-refractivity contribution >= 4 is 35.0 Å². The molecule has 0 amide bonds. The van der Waals surface area contributed by atoms with Crippen LogP contribution in [0.4, 0.5) is 0 Å². The van der Waals surface area contributed by atoms with Crippen LogP contribution in [0.2, 0.25) is 10.2 Å². The summed E-state index contributed by atoms with van der Waals surface area (Å²) < 4.78 is 1.90. The van der Waals surface area contributed by atoms with Crippen molar-refractivity contribution in [3.8, 4) is 11.4 Å². The van der Waals surface area contributed by atoms with Gasteiger partial charge >= 0.3 is 0 Å². The zero-order chi connectivity index (χ0) is 16.7. The average Bonchev–Trinajstić information content (AvgIpc) is 3.34. The van der Waals surface area contributed by atoms with Crippen molar-refractivity contribution in [2.24, 2.45) is 7.05 Å². The molecule has 0 aliphatic heterocycles. The second-order valence-electron chi connectivity index (χ2n) is 5.61. The first kappa shape index (κ1) is 15.9. The van der Waals surface area contributed by atoms with Crippen LogP contribution in [0.3, 0.4) is 0 Å². The van der Waals surface area contributed by atoms with Gasteiger partial charge in [-0.3, -0.25) is 0 Å². The van der Waals surface area contributed by atoms with Crippen molar-refractivity contribution in [2.75, 3.05) is 0 Å². The van der Waals surface area contributed by atoms with Gasteiger partial charge in [-0.1, -0.05) is 35.3 Å². The Balaban J connectivity index is 1.66. The highest BCUT2D eigenvalue weighted by Gasteiger charge is 2.27. The third-order valence-corrected chi connectivity index (χ3v) is 5.26. The van der Waals surface area contributed by atoms with Crippen molar-refractivity contribution in [1.82, 2.24) is 24.7 Å². The summed E-state index contributed by atoms with van der Waals surface area (Å²) in [6.45, 7) is 0. The van der Waals surface area contributed by atoms with E-state index < -0.39 is 0 Å². The van der Waals surface area contributed by atoms with Gasteiger partial charge in [0.05, 0.1) is 5.02 Å². The fourth-order valence-electron chi connectivity index (χ4n) is 2.36. The van der Waals surface area contributed by atoms with Crippen LogP contribution in [0.1, 0.15) is 24.6 Å². The molecule has 1 saturated carbocycles. The van der Waals surface area contributed by atoms with Crippen LogP contribution in [0.5, 0.6) is 0 Å². The first-order chi connectivity index (χ1) is 11.6. The molecule has 3 aromatic rings. The molecule has 0 spiro atoms. The highest BCUT2D eigenvalue weighted by molar-refractivity contribution is 7.99. The molecule has 5 nitrogen and oxygen atoms in total. The van der Waals surface area contributed by atoms with Crippen LogP contribution in [0.15, 0.2) is 40.5 Å². The molecule has 0 unspecified atom stereocenters. The molecule has 122 valence electrons. The third-order valence-electron chi connectivity index (χ3n) is 3.78. The SMILES string of the molecule is Cn1c(Sc2cc(Cl)nc(C3CC3)n2)nnc1-c1ccccc1Cl. The molecule has 1 aliphatic rings. The molecular formula is C16H13Cl2N5S. The van der Waals surface area contributed by atoms with Crippen molar-refractivity contribution in [2.45, 2.75) is 28.9 Å². The van der Waals surface area contributed by atoms with Crippen LogP contribution >= 0.6 is 35.0 Å². The van der Waals surface area contributed by atoms with E-state index in [0.717, 1.165) is 34.4 Å². The van der Waals surface area contributed by atoms with Crippen molar-refractivity contribution in [3.05, 3.63) is 46.3 Å². The summed E-state index contributed by atoms with van der Waals surface area (Å²) in [6, 6.07) is 9.33. The Bertz CT molecular complexity index is 907. The predicted octanol–water partition coefficient (Wildman–Crippen LogP) is 4.61. The minimum atomic E-state index is 0.446. The van der Waals surface area contributed by atoms with Gasteiger partial charge in [-0.05, 0) is 36.7 Å². The summed E-state index contributed by atoms with van der Waals surface area (Å²) in [5, 5.41) is 11.1. The number of hydrogen-bond acceptors (Lipinski definition) is 5. The van der Waals surface area contributed by atoms with Gasteiger partial charge in [0.1, 0.15) is 16.0 Å². The lowest BCUT2D eigenvalue weighted by molar-refractivity contribution is 0.789.